The molecule has 0 bridgehead atoms. The van der Waals surface area contributed by atoms with Crippen LogP contribution in [0.15, 0.2) is 24.9 Å². The summed E-state index contributed by atoms with van der Waals surface area (Å²) in [7, 11) is 0. The Morgan fingerprint density at radius 1 is 1.43 bits per heavy atom. The molecule has 0 rings (SSSR count). The Bertz CT molecular complexity index is 64.6. The number of hydrogen-bond donors (Lipinski definition) is 1. The molecule has 0 spiro atoms. The van der Waals surface area contributed by atoms with Gasteiger partial charge in [-0.3, -0.25) is 0 Å². The van der Waals surface area contributed by atoms with Crippen LogP contribution in [-0.2, 0) is 0 Å². The van der Waals surface area contributed by atoms with Gasteiger partial charge in [0, 0.05) is 0 Å². The van der Waals surface area contributed by atoms with Crippen LogP contribution >= 0.6 is 0 Å². The van der Waals surface area contributed by atoms with Gasteiger partial charge in [0.25, 0.3) is 0 Å². The Morgan fingerprint density at radius 2 is 2.14 bits per heavy atom. The summed E-state index contributed by atoms with van der Waals surface area (Å²) in [5.74, 6) is 0. The van der Waals surface area contributed by atoms with E-state index >= 15 is 0 Å². The van der Waals surface area contributed by atoms with Crippen LogP contribution in [0.25, 0.3) is 0 Å². The predicted octanol–water partition coefficient (Wildman–Crippen LogP) is 1.43. The fourth-order valence-electron chi connectivity index (χ4n) is 0.310. The molecule has 0 aromatic heterocycles. The molecule has 0 aromatic carbocycles. The first-order valence-corrected chi connectivity index (χ1v) is 2.39. The minimum absolute atomic E-state index is 1.01. The zero-order chi connectivity index (χ0) is 5.54. The third kappa shape index (κ3) is 5.28. The van der Waals surface area contributed by atoms with Crippen LogP contribution in [0.2, 0.25) is 0 Å². The standard InChI is InChI=1S/C6H11N/c1-2-3-4-5-6-7/h2,5-6H,1,3-4,7H2. The molecule has 0 amide bonds. The number of hydrogen-bond acceptors (Lipinski definition) is 1. The van der Waals surface area contributed by atoms with Gasteiger partial charge in [0.15, 0.2) is 0 Å². The molecule has 0 atom stereocenters. The van der Waals surface area contributed by atoms with Gasteiger partial charge >= 0.3 is 0 Å². The van der Waals surface area contributed by atoms with Gasteiger partial charge < -0.3 is 5.73 Å². The van der Waals surface area contributed by atoms with E-state index in [9.17, 15) is 0 Å². The van der Waals surface area contributed by atoms with Gasteiger partial charge in [0.1, 0.15) is 0 Å². The van der Waals surface area contributed by atoms with Gasteiger partial charge in [-0.05, 0) is 19.0 Å². The Labute approximate surface area is 44.5 Å². The molecule has 2 N–H and O–H groups in total. The van der Waals surface area contributed by atoms with Crippen molar-refractivity contribution in [1.29, 1.82) is 0 Å². The topological polar surface area (TPSA) is 26.0 Å². The van der Waals surface area contributed by atoms with Crippen molar-refractivity contribution in [3.8, 4) is 0 Å². The molecule has 0 aliphatic heterocycles. The van der Waals surface area contributed by atoms with Crippen LogP contribution in [0.4, 0.5) is 0 Å². The summed E-state index contributed by atoms with van der Waals surface area (Å²) in [5, 5.41) is 0. The summed E-state index contributed by atoms with van der Waals surface area (Å²) >= 11 is 0. The molecule has 1 nitrogen and oxygen atoms in total. The Balaban J connectivity index is 2.82. The molecule has 0 aromatic rings. The van der Waals surface area contributed by atoms with E-state index in [-0.39, 0.29) is 0 Å². The molecule has 0 aliphatic rings. The van der Waals surface area contributed by atoms with Crippen LogP contribution in [0, 0.1) is 0 Å². The van der Waals surface area contributed by atoms with Gasteiger partial charge in [-0.2, -0.15) is 0 Å². The van der Waals surface area contributed by atoms with E-state index in [4.69, 9.17) is 5.73 Å². The van der Waals surface area contributed by atoms with Crippen molar-refractivity contribution in [2.45, 2.75) is 12.8 Å². The quantitative estimate of drug-likeness (QED) is 0.418. The lowest BCUT2D eigenvalue weighted by Gasteiger charge is -1.79. The van der Waals surface area contributed by atoms with Crippen LogP contribution in [-0.4, -0.2) is 0 Å². The third-order valence-corrected chi connectivity index (χ3v) is 0.674. The minimum atomic E-state index is 1.01. The van der Waals surface area contributed by atoms with E-state index < -0.39 is 0 Å². The van der Waals surface area contributed by atoms with Crippen molar-refractivity contribution in [2.75, 3.05) is 0 Å². The second-order valence-electron chi connectivity index (χ2n) is 1.29. The lowest BCUT2D eigenvalue weighted by Crippen LogP contribution is -1.74. The van der Waals surface area contributed by atoms with Gasteiger partial charge in [-0.1, -0.05) is 12.2 Å². The van der Waals surface area contributed by atoms with E-state index in [0.29, 0.717) is 0 Å². The van der Waals surface area contributed by atoms with Gasteiger partial charge in [-0.25, -0.2) is 0 Å². The first-order chi connectivity index (χ1) is 3.41. The summed E-state index contributed by atoms with van der Waals surface area (Å²) in [5.41, 5.74) is 5.05. The average Bonchev–Trinajstić information content (AvgIpc) is 1.69. The summed E-state index contributed by atoms with van der Waals surface area (Å²) in [4.78, 5) is 0. The van der Waals surface area contributed by atoms with E-state index in [0.717, 1.165) is 12.8 Å². The summed E-state index contributed by atoms with van der Waals surface area (Å²) < 4.78 is 0. The first kappa shape index (κ1) is 6.28. The molecule has 0 radical (unpaired) electrons. The fourth-order valence-corrected chi connectivity index (χ4v) is 0.310. The molecule has 0 unspecified atom stereocenters. The van der Waals surface area contributed by atoms with Crippen molar-refractivity contribution in [3.05, 3.63) is 24.9 Å². The maximum absolute atomic E-state index is 5.05. The Kier molecular flexibility index (Phi) is 4.74. The van der Waals surface area contributed by atoms with Crippen molar-refractivity contribution in [3.63, 3.8) is 0 Å². The van der Waals surface area contributed by atoms with Gasteiger partial charge in [0.2, 0.25) is 0 Å². The molecule has 40 valence electrons. The zero-order valence-corrected chi connectivity index (χ0v) is 4.43. The van der Waals surface area contributed by atoms with Crippen LogP contribution < -0.4 is 5.73 Å². The van der Waals surface area contributed by atoms with Gasteiger partial charge in [0.05, 0.1) is 0 Å². The monoisotopic (exact) mass is 97.1 g/mol. The van der Waals surface area contributed by atoms with E-state index in [1.54, 1.807) is 6.20 Å². The number of rotatable bonds is 3. The number of nitrogens with two attached hydrogens (primary N) is 1. The smallest absolute Gasteiger partial charge is 0.0103 e. The third-order valence-electron chi connectivity index (χ3n) is 0.674. The lowest BCUT2D eigenvalue weighted by atomic mass is 10.3. The summed E-state index contributed by atoms with van der Waals surface area (Å²) in [6, 6.07) is 0. The molecule has 0 saturated carbocycles. The molecular formula is C6H11N. The van der Waals surface area contributed by atoms with Crippen molar-refractivity contribution in [1.82, 2.24) is 0 Å². The number of allylic oxidation sites excluding steroid dienone is 2. The largest absolute Gasteiger partial charge is 0.405 e. The highest BCUT2D eigenvalue weighted by Crippen LogP contribution is 1.87. The van der Waals surface area contributed by atoms with E-state index in [2.05, 4.69) is 6.58 Å². The van der Waals surface area contributed by atoms with Crippen molar-refractivity contribution < 1.29 is 0 Å². The predicted molar refractivity (Wildman–Crippen MR) is 32.8 cm³/mol. The van der Waals surface area contributed by atoms with Crippen LogP contribution in [0.3, 0.4) is 0 Å². The highest BCUT2D eigenvalue weighted by molar-refractivity contribution is 4.79. The molecular weight excluding hydrogens is 86.1 g/mol. The van der Waals surface area contributed by atoms with E-state index in [1.807, 2.05) is 12.2 Å². The summed E-state index contributed by atoms with van der Waals surface area (Å²) in [6.07, 6.45) is 7.39. The fraction of sp³-hybridized carbons (Fsp3) is 0.333. The first-order valence-electron chi connectivity index (χ1n) is 2.39. The van der Waals surface area contributed by atoms with E-state index in [1.165, 1.54) is 0 Å². The molecule has 7 heavy (non-hydrogen) atoms. The van der Waals surface area contributed by atoms with Crippen LogP contribution in [0.5, 0.6) is 0 Å². The number of unbranched alkanes of at least 4 members (excludes halogenated alkanes) is 1. The SMILES string of the molecule is C=CCCC=CN. The molecule has 0 aliphatic carbocycles. The molecule has 0 fully saturated rings. The molecule has 0 saturated heterocycles. The van der Waals surface area contributed by atoms with Crippen molar-refractivity contribution >= 4 is 0 Å². The normalized spacial score (nSPS) is 9.71. The summed E-state index contributed by atoms with van der Waals surface area (Å²) in [6.45, 7) is 3.56. The minimum Gasteiger partial charge on any atom is -0.405 e. The zero-order valence-electron chi connectivity index (χ0n) is 4.43. The van der Waals surface area contributed by atoms with Crippen molar-refractivity contribution in [2.24, 2.45) is 5.73 Å². The highest BCUT2D eigenvalue weighted by Gasteiger charge is 1.68. The highest BCUT2D eigenvalue weighted by atomic mass is 14.5. The second kappa shape index (κ2) is 5.28. The molecule has 1 heteroatoms. The average molecular weight is 97.2 g/mol. The lowest BCUT2D eigenvalue weighted by molar-refractivity contribution is 1.05. The Hall–Kier alpha value is -0.720. The molecule has 0 heterocycles. The van der Waals surface area contributed by atoms with Crippen LogP contribution in [0.1, 0.15) is 12.8 Å². The maximum atomic E-state index is 5.05. The van der Waals surface area contributed by atoms with Gasteiger partial charge in [-0.15, -0.1) is 6.58 Å². The second-order valence-corrected chi connectivity index (χ2v) is 1.29. The Morgan fingerprint density at radius 3 is 2.57 bits per heavy atom. The maximum Gasteiger partial charge on any atom is -0.0103 e.